The van der Waals surface area contributed by atoms with Gasteiger partial charge in [0.2, 0.25) is 27.6 Å². The molecule has 3 aromatic carbocycles. The van der Waals surface area contributed by atoms with Gasteiger partial charge in [-0.05, 0) is 123 Å². The Balaban J connectivity index is 0.694. The fourth-order valence-corrected chi connectivity index (χ4v) is 12.2. The van der Waals surface area contributed by atoms with E-state index in [9.17, 15) is 32.0 Å². The third-order valence-electron chi connectivity index (χ3n) is 14.6. The molecule has 0 radical (unpaired) electrons. The Hall–Kier alpha value is -6.27. The number of amides is 3. The second kappa shape index (κ2) is 18.7. The number of nitrogens with zero attached hydrogens (tertiary/aromatic N) is 5. The van der Waals surface area contributed by atoms with Crippen LogP contribution in [0.25, 0.3) is 22.2 Å². The quantitative estimate of drug-likeness (QED) is 0.0830. The van der Waals surface area contributed by atoms with Crippen LogP contribution >= 0.6 is 0 Å². The van der Waals surface area contributed by atoms with Crippen LogP contribution in [-0.4, -0.2) is 115 Å². The number of hydrogen-bond donors (Lipinski definition) is 3. The molecular weight excluding hydrogens is 898 g/mol. The maximum atomic E-state index is 15.8. The number of H-pyrrole nitrogens is 1. The Morgan fingerprint density at radius 1 is 0.838 bits per heavy atom. The smallest absolute Gasteiger partial charge is 0.255 e. The highest BCUT2D eigenvalue weighted by Crippen LogP contribution is 2.35. The number of benzene rings is 3. The van der Waals surface area contributed by atoms with Gasteiger partial charge in [0.1, 0.15) is 23.7 Å². The lowest BCUT2D eigenvalue weighted by atomic mass is 9.91. The zero-order valence-corrected chi connectivity index (χ0v) is 38.3. The van der Waals surface area contributed by atoms with Crippen LogP contribution in [0.2, 0.25) is 0 Å². The zero-order valence-electron chi connectivity index (χ0n) is 37.5. The molecule has 3 saturated heterocycles. The third kappa shape index (κ3) is 9.07. The molecule has 3 N–H and O–H groups in total. The van der Waals surface area contributed by atoms with E-state index in [4.69, 9.17) is 0 Å². The van der Waals surface area contributed by atoms with Crippen LogP contribution in [0.15, 0.2) is 73.1 Å². The molecule has 5 aliphatic rings. The number of halogens is 3. The molecule has 14 nitrogen and oxygen atoms in total. The fraction of sp³-hybridized carbons (Fsp3) is 0.420. The minimum Gasteiger partial charge on any atom is -0.372 e. The van der Waals surface area contributed by atoms with Crippen LogP contribution in [0.3, 0.4) is 0 Å². The predicted molar refractivity (Wildman–Crippen MR) is 252 cm³/mol. The summed E-state index contributed by atoms with van der Waals surface area (Å²) in [6.45, 7) is 7.07. The van der Waals surface area contributed by atoms with Crippen molar-refractivity contribution in [3.63, 3.8) is 0 Å². The number of imide groups is 1. The van der Waals surface area contributed by atoms with E-state index in [1.165, 1.54) is 12.6 Å². The Morgan fingerprint density at radius 2 is 1.59 bits per heavy atom. The van der Waals surface area contributed by atoms with Crippen molar-refractivity contribution in [1.82, 2.24) is 25.1 Å². The second-order valence-electron chi connectivity index (χ2n) is 18.8. The first-order valence-corrected chi connectivity index (χ1v) is 25.1. The first-order valence-electron chi connectivity index (χ1n) is 23.6. The Labute approximate surface area is 392 Å². The molecule has 18 heteroatoms. The Morgan fingerprint density at radius 3 is 2.32 bits per heavy atom. The second-order valence-corrected chi connectivity index (χ2v) is 20.8. The Kier molecular flexibility index (Phi) is 12.5. The normalized spacial score (nSPS) is 21.7. The van der Waals surface area contributed by atoms with E-state index in [1.807, 2.05) is 24.3 Å². The number of piperazine rings is 1. The summed E-state index contributed by atoms with van der Waals surface area (Å²) in [6, 6.07) is 16.9. The van der Waals surface area contributed by atoms with Crippen LogP contribution in [0.5, 0.6) is 0 Å². The maximum Gasteiger partial charge on any atom is 0.255 e. The van der Waals surface area contributed by atoms with Crippen LogP contribution < -0.4 is 19.8 Å². The molecule has 68 heavy (non-hydrogen) atoms. The van der Waals surface area contributed by atoms with Crippen molar-refractivity contribution in [2.24, 2.45) is 5.92 Å². The number of ketones is 1. The molecule has 0 spiro atoms. The standard InChI is InChI=1S/C50H53F3N8O6S/c51-34-5-9-37(26-34)68(66,67)57-42-12-11-41(52)45(46(42)53)47(63)40-28-55-48-39(40)25-32(27-54-48)31-3-6-35(7-4-31)60-22-20-58(21-23-60)17-1-2-30-15-18-59(19-16-30)36-8-10-38-33(24-36)29-61(50(38)65)43-13-14-44(62)56-49(43)64/h3-4,6-8,10-12,24-25,27-28,30,34,37,43,57H,1-2,5,9,13-23,26,29H2,(H,54,55)(H,56,62,64)/t34-,37?,43?/m1/s1. The number of nitrogens with one attached hydrogen (secondary N) is 3. The van der Waals surface area contributed by atoms with E-state index in [-0.39, 0.29) is 43.1 Å². The first-order chi connectivity index (χ1) is 32.8. The third-order valence-corrected chi connectivity index (χ3v) is 16.4. The van der Waals surface area contributed by atoms with Crippen LogP contribution in [0.1, 0.15) is 89.6 Å². The van der Waals surface area contributed by atoms with Crippen molar-refractivity contribution in [2.45, 2.75) is 81.8 Å². The topological polar surface area (TPSA) is 168 Å². The average Bonchev–Trinajstić information content (AvgIpc) is 4.07. The molecule has 4 fully saturated rings. The Bertz CT molecular complexity index is 2900. The van der Waals surface area contributed by atoms with Gasteiger partial charge in [0.05, 0.1) is 16.5 Å². The van der Waals surface area contributed by atoms with Crippen LogP contribution in [0.4, 0.5) is 30.2 Å². The highest BCUT2D eigenvalue weighted by Gasteiger charge is 2.40. The summed E-state index contributed by atoms with van der Waals surface area (Å²) < 4.78 is 72.6. The number of carbonyl (C=O) groups excluding carboxylic acids is 4. The molecule has 5 aromatic rings. The number of hydrogen-bond acceptors (Lipinski definition) is 10. The number of sulfonamides is 1. The maximum absolute atomic E-state index is 15.8. The van der Waals surface area contributed by atoms with Gasteiger partial charge >= 0.3 is 0 Å². The number of piperidine rings is 2. The van der Waals surface area contributed by atoms with Gasteiger partial charge in [0.15, 0.2) is 5.82 Å². The minimum atomic E-state index is -4.19. The molecule has 1 saturated carbocycles. The van der Waals surface area contributed by atoms with Gasteiger partial charge < -0.3 is 19.7 Å². The lowest BCUT2D eigenvalue weighted by Gasteiger charge is -2.37. The molecule has 4 aliphatic heterocycles. The van der Waals surface area contributed by atoms with Crippen molar-refractivity contribution in [1.29, 1.82) is 0 Å². The summed E-state index contributed by atoms with van der Waals surface area (Å²) in [4.78, 5) is 67.3. The molecule has 0 bridgehead atoms. The van der Waals surface area contributed by atoms with Gasteiger partial charge in [-0.3, -0.25) is 34.1 Å². The molecule has 3 amide bonds. The summed E-state index contributed by atoms with van der Waals surface area (Å²) in [5.74, 6) is -3.66. The number of aromatic amines is 1. The number of carbonyl (C=O) groups is 4. The van der Waals surface area contributed by atoms with Gasteiger partial charge in [0.25, 0.3) is 5.91 Å². The summed E-state index contributed by atoms with van der Waals surface area (Å²) in [6.07, 6.45) is 6.80. The largest absolute Gasteiger partial charge is 0.372 e. The molecule has 2 aromatic heterocycles. The number of aromatic nitrogens is 2. The van der Waals surface area contributed by atoms with Gasteiger partial charge in [-0.2, -0.15) is 0 Å². The van der Waals surface area contributed by atoms with Crippen molar-refractivity contribution in [2.75, 3.05) is 60.3 Å². The first kappa shape index (κ1) is 45.5. The number of pyridine rings is 1. The van der Waals surface area contributed by atoms with Gasteiger partial charge in [-0.1, -0.05) is 12.1 Å². The number of alkyl halides is 1. The highest BCUT2D eigenvalue weighted by atomic mass is 32.2. The number of anilines is 3. The van der Waals surface area contributed by atoms with E-state index in [2.05, 4.69) is 52.9 Å². The van der Waals surface area contributed by atoms with E-state index >= 15 is 8.78 Å². The molecule has 10 rings (SSSR count). The molecule has 3 atom stereocenters. The summed E-state index contributed by atoms with van der Waals surface area (Å²) in [7, 11) is -4.19. The zero-order chi connectivity index (χ0) is 47.3. The van der Waals surface area contributed by atoms with E-state index in [0.717, 1.165) is 99.7 Å². The summed E-state index contributed by atoms with van der Waals surface area (Å²) >= 11 is 0. The fourth-order valence-electron chi connectivity index (χ4n) is 10.7. The predicted octanol–water partition coefficient (Wildman–Crippen LogP) is 6.95. The lowest BCUT2D eigenvalue weighted by Crippen LogP contribution is -2.52. The lowest BCUT2D eigenvalue weighted by molar-refractivity contribution is -0.136. The highest BCUT2D eigenvalue weighted by molar-refractivity contribution is 7.93. The molecule has 356 valence electrons. The van der Waals surface area contributed by atoms with E-state index in [1.54, 1.807) is 17.2 Å². The van der Waals surface area contributed by atoms with E-state index in [0.29, 0.717) is 41.0 Å². The average molecular weight is 951 g/mol. The van der Waals surface area contributed by atoms with E-state index < -0.39 is 62.1 Å². The van der Waals surface area contributed by atoms with Gasteiger partial charge in [-0.15, -0.1) is 0 Å². The van der Waals surface area contributed by atoms with Crippen molar-refractivity contribution in [3.8, 4) is 11.1 Å². The van der Waals surface area contributed by atoms with Crippen molar-refractivity contribution in [3.05, 3.63) is 107 Å². The molecular formula is C50H53F3N8O6S. The molecule has 1 aliphatic carbocycles. The summed E-state index contributed by atoms with van der Waals surface area (Å²) in [5.41, 5.74) is 4.11. The molecule has 6 heterocycles. The number of rotatable bonds is 13. The van der Waals surface area contributed by atoms with Crippen LogP contribution in [-0.2, 0) is 26.2 Å². The SMILES string of the molecule is O=C1CCC(N2Cc3cc(N4CCC(CCCN5CCN(c6ccc(-c7cnc8[nH]cc(C(=O)c9c(F)ccc(NS(=O)(=O)C%10CC[C@@H](F)C%10)c9F)c8c7)cc6)CC5)CC4)ccc3C2=O)C(=O)N1. The van der Waals surface area contributed by atoms with Gasteiger partial charge in [-0.25, -0.2) is 26.6 Å². The van der Waals surface area contributed by atoms with Crippen LogP contribution in [0, 0.1) is 17.6 Å². The minimum absolute atomic E-state index is 0.0295. The summed E-state index contributed by atoms with van der Waals surface area (Å²) in [5, 5.41) is 1.65. The molecule has 2 unspecified atom stereocenters. The number of fused-ring (bicyclic) bond motifs is 2. The monoisotopic (exact) mass is 950 g/mol. The van der Waals surface area contributed by atoms with Gasteiger partial charge in [0, 0.05) is 98.1 Å². The van der Waals surface area contributed by atoms with Crippen molar-refractivity contribution < 1.29 is 40.8 Å². The van der Waals surface area contributed by atoms with Crippen molar-refractivity contribution >= 4 is 61.6 Å².